The first-order valence-corrected chi connectivity index (χ1v) is 11.8. The summed E-state index contributed by atoms with van der Waals surface area (Å²) in [5.41, 5.74) is 1.51. The van der Waals surface area contributed by atoms with E-state index in [1.165, 1.54) is 12.1 Å². The van der Waals surface area contributed by atoms with Gasteiger partial charge in [-0.25, -0.2) is 18.8 Å². The number of hydrogen-bond donors (Lipinski definition) is 2. The van der Waals surface area contributed by atoms with Gasteiger partial charge >= 0.3 is 18.0 Å². The maximum absolute atomic E-state index is 13.5. The van der Waals surface area contributed by atoms with Crippen molar-refractivity contribution in [3.8, 4) is 0 Å². The highest BCUT2D eigenvalue weighted by Crippen LogP contribution is 2.32. The fourth-order valence-electron chi connectivity index (χ4n) is 4.22. The first-order valence-electron chi connectivity index (χ1n) is 11.8. The zero-order chi connectivity index (χ0) is 24.8. The van der Waals surface area contributed by atoms with Crippen LogP contribution in [0.5, 0.6) is 0 Å². The van der Waals surface area contributed by atoms with E-state index in [2.05, 4.69) is 15.5 Å². The van der Waals surface area contributed by atoms with E-state index in [0.717, 1.165) is 0 Å². The molecule has 0 spiro atoms. The van der Waals surface area contributed by atoms with E-state index in [-0.39, 0.29) is 24.7 Å². The molecule has 4 amide bonds. The van der Waals surface area contributed by atoms with Crippen LogP contribution < -0.4 is 10.6 Å². The fourth-order valence-corrected chi connectivity index (χ4v) is 4.22. The van der Waals surface area contributed by atoms with Crippen LogP contribution in [0, 0.1) is 5.82 Å². The van der Waals surface area contributed by atoms with Crippen LogP contribution in [-0.4, -0.2) is 84.6 Å². The molecule has 0 bridgehead atoms. The summed E-state index contributed by atoms with van der Waals surface area (Å²) in [7, 11) is 0. The van der Waals surface area contributed by atoms with Crippen molar-refractivity contribution in [2.75, 3.05) is 45.9 Å². The Bertz CT molecular complexity index is 926. The molecule has 2 heterocycles. The summed E-state index contributed by atoms with van der Waals surface area (Å²) in [5, 5.41) is 5.78. The minimum Gasteiger partial charge on any atom is -0.463 e. The van der Waals surface area contributed by atoms with Gasteiger partial charge < -0.3 is 20.3 Å². The highest BCUT2D eigenvalue weighted by molar-refractivity contribution is 5.95. The first-order chi connectivity index (χ1) is 16.2. The van der Waals surface area contributed by atoms with Crippen molar-refractivity contribution in [1.82, 2.24) is 25.3 Å². The lowest BCUT2D eigenvalue weighted by Gasteiger charge is -2.40. The van der Waals surface area contributed by atoms with Gasteiger partial charge in [-0.1, -0.05) is 12.1 Å². The fraction of sp³-hybridized carbons (Fsp3) is 0.542. The maximum atomic E-state index is 13.5. The van der Waals surface area contributed by atoms with Gasteiger partial charge in [-0.2, -0.15) is 0 Å². The monoisotopic (exact) mass is 475 g/mol. The Morgan fingerprint density at radius 2 is 1.79 bits per heavy atom. The number of ether oxygens (including phenoxy) is 1. The Morgan fingerprint density at radius 1 is 1.15 bits per heavy atom. The molecule has 186 valence electrons. The van der Waals surface area contributed by atoms with E-state index in [1.54, 1.807) is 28.9 Å². The minimum atomic E-state index is -0.747. The minimum absolute atomic E-state index is 0.0603. The number of nitrogens with zero attached hydrogens (tertiary/aromatic N) is 3. The Labute approximate surface area is 199 Å². The first kappa shape index (κ1) is 25.5. The number of benzene rings is 1. The summed E-state index contributed by atoms with van der Waals surface area (Å²) in [4.78, 5) is 43.8. The van der Waals surface area contributed by atoms with Crippen molar-refractivity contribution in [3.63, 3.8) is 0 Å². The van der Waals surface area contributed by atoms with Gasteiger partial charge in [-0.15, -0.1) is 0 Å². The SMILES string of the molecule is CCOC(=O)C1=C(CN2CCN(C(=O)NC(C)C)CC2)N(CC)C(=O)NC1c1ccc(F)cc1. The molecule has 1 unspecified atom stereocenters. The number of urea groups is 2. The number of amides is 4. The standard InChI is InChI=1S/C24H34FN5O4/c1-5-30-19(15-28-11-13-29(14-12-28)23(32)26-16(3)4)20(22(31)34-6-2)21(27-24(30)33)17-7-9-18(25)10-8-17/h7-10,16,21H,5-6,11-15H2,1-4H3,(H,26,32)(H,27,33). The molecule has 1 aromatic rings. The molecule has 10 heteroatoms. The van der Waals surface area contributed by atoms with Crippen molar-refractivity contribution in [2.24, 2.45) is 0 Å². The van der Waals surface area contributed by atoms with Crippen LogP contribution in [0.2, 0.25) is 0 Å². The number of nitrogens with one attached hydrogen (secondary N) is 2. The number of hydrogen-bond acceptors (Lipinski definition) is 5. The maximum Gasteiger partial charge on any atom is 0.338 e. The second-order valence-electron chi connectivity index (χ2n) is 8.63. The van der Waals surface area contributed by atoms with Gasteiger partial charge in [0, 0.05) is 51.0 Å². The molecule has 2 aliphatic heterocycles. The third kappa shape index (κ3) is 5.85. The molecule has 0 aromatic heterocycles. The van der Waals surface area contributed by atoms with E-state index < -0.39 is 17.8 Å². The van der Waals surface area contributed by atoms with E-state index >= 15 is 0 Å². The van der Waals surface area contributed by atoms with Crippen molar-refractivity contribution in [3.05, 3.63) is 46.9 Å². The topological polar surface area (TPSA) is 94.2 Å². The average Bonchev–Trinajstić information content (AvgIpc) is 2.79. The third-order valence-electron chi connectivity index (χ3n) is 5.90. The van der Waals surface area contributed by atoms with E-state index in [1.807, 2.05) is 20.8 Å². The molecule has 3 rings (SSSR count). The lowest BCUT2D eigenvalue weighted by molar-refractivity contribution is -0.139. The van der Waals surface area contributed by atoms with Crippen molar-refractivity contribution >= 4 is 18.0 Å². The predicted octanol–water partition coefficient (Wildman–Crippen LogP) is 2.46. The molecule has 2 aliphatic rings. The molecule has 1 fully saturated rings. The van der Waals surface area contributed by atoms with Crippen LogP contribution in [0.25, 0.3) is 0 Å². The van der Waals surface area contributed by atoms with Crippen LogP contribution in [0.15, 0.2) is 35.5 Å². The molecule has 2 N–H and O–H groups in total. The normalized spacial score (nSPS) is 19.4. The molecule has 34 heavy (non-hydrogen) atoms. The third-order valence-corrected chi connectivity index (χ3v) is 5.90. The van der Waals surface area contributed by atoms with Crippen molar-refractivity contribution in [2.45, 2.75) is 39.8 Å². The smallest absolute Gasteiger partial charge is 0.338 e. The lowest BCUT2D eigenvalue weighted by Crippen LogP contribution is -2.55. The molecule has 1 aromatic carbocycles. The van der Waals surface area contributed by atoms with Gasteiger partial charge in [0.05, 0.1) is 18.2 Å². The van der Waals surface area contributed by atoms with Gasteiger partial charge in [0.25, 0.3) is 0 Å². The number of rotatable bonds is 7. The molecule has 9 nitrogen and oxygen atoms in total. The number of piperazine rings is 1. The summed E-state index contributed by atoms with van der Waals surface area (Å²) >= 11 is 0. The predicted molar refractivity (Wildman–Crippen MR) is 125 cm³/mol. The number of halogens is 1. The lowest BCUT2D eigenvalue weighted by atomic mass is 9.94. The molecule has 1 saturated heterocycles. The van der Waals surface area contributed by atoms with Gasteiger partial charge in [-0.3, -0.25) is 9.80 Å². The van der Waals surface area contributed by atoms with Crippen molar-refractivity contribution < 1.29 is 23.5 Å². The average molecular weight is 476 g/mol. The number of carbonyl (C=O) groups is 3. The summed E-state index contributed by atoms with van der Waals surface area (Å²) < 4.78 is 18.9. The molecule has 0 saturated carbocycles. The number of esters is 1. The van der Waals surface area contributed by atoms with Gasteiger partial charge in [0.15, 0.2) is 0 Å². The molecular formula is C24H34FN5O4. The van der Waals surface area contributed by atoms with E-state index in [0.29, 0.717) is 56.1 Å². The zero-order valence-electron chi connectivity index (χ0n) is 20.3. The Hall–Kier alpha value is -3.14. The van der Waals surface area contributed by atoms with Gasteiger partial charge in [0.1, 0.15) is 5.82 Å². The van der Waals surface area contributed by atoms with Crippen LogP contribution >= 0.6 is 0 Å². The van der Waals surface area contributed by atoms with Gasteiger partial charge in [0.2, 0.25) is 0 Å². The van der Waals surface area contributed by atoms with Crippen LogP contribution in [0.3, 0.4) is 0 Å². The van der Waals surface area contributed by atoms with Crippen LogP contribution in [0.1, 0.15) is 39.3 Å². The highest BCUT2D eigenvalue weighted by Gasteiger charge is 2.38. The van der Waals surface area contributed by atoms with Crippen molar-refractivity contribution in [1.29, 1.82) is 0 Å². The molecule has 0 radical (unpaired) electrons. The van der Waals surface area contributed by atoms with E-state index in [4.69, 9.17) is 4.74 Å². The highest BCUT2D eigenvalue weighted by atomic mass is 19.1. The Balaban J connectivity index is 1.90. The van der Waals surface area contributed by atoms with Gasteiger partial charge in [-0.05, 0) is 45.4 Å². The second-order valence-corrected chi connectivity index (χ2v) is 8.63. The number of likely N-dealkylation sites (N-methyl/N-ethyl adjacent to an activating group) is 1. The second kappa shape index (κ2) is 11.3. The number of carbonyl (C=O) groups excluding carboxylic acids is 3. The Kier molecular flexibility index (Phi) is 8.49. The zero-order valence-corrected chi connectivity index (χ0v) is 20.3. The summed E-state index contributed by atoms with van der Waals surface area (Å²) in [6.07, 6.45) is 0. The van der Waals surface area contributed by atoms with E-state index in [9.17, 15) is 18.8 Å². The summed E-state index contributed by atoms with van der Waals surface area (Å²) in [5.74, 6) is -0.914. The summed E-state index contributed by atoms with van der Waals surface area (Å²) in [6, 6.07) is 4.62. The van der Waals surface area contributed by atoms with Crippen LogP contribution in [-0.2, 0) is 9.53 Å². The quantitative estimate of drug-likeness (QED) is 0.591. The largest absolute Gasteiger partial charge is 0.463 e. The van der Waals surface area contributed by atoms with Crippen LogP contribution in [0.4, 0.5) is 14.0 Å². The summed E-state index contributed by atoms with van der Waals surface area (Å²) in [6.45, 7) is 10.6. The molecule has 0 aliphatic carbocycles. The molecule has 1 atom stereocenters. The molecular weight excluding hydrogens is 441 g/mol. The Morgan fingerprint density at radius 3 is 2.35 bits per heavy atom.